The molecule has 0 radical (unpaired) electrons. The smallest absolute Gasteiger partial charge is 0.387 e. The molecule has 0 aromatic heterocycles. The Morgan fingerprint density at radius 1 is 1.38 bits per heavy atom. The second-order valence-corrected chi connectivity index (χ2v) is 2.46. The minimum atomic E-state index is -2.78. The van der Waals surface area contributed by atoms with Gasteiger partial charge in [0.25, 0.3) is 0 Å². The minimum Gasteiger partial charge on any atom is -0.435 e. The first-order chi connectivity index (χ1) is 6.22. The van der Waals surface area contributed by atoms with Crippen LogP contribution in [0.15, 0.2) is 24.3 Å². The summed E-state index contributed by atoms with van der Waals surface area (Å²) in [7, 11) is 1.54. The molecule has 4 heteroatoms. The van der Waals surface area contributed by atoms with Crippen LogP contribution in [0.5, 0.6) is 5.75 Å². The maximum atomic E-state index is 11.8. The molecule has 0 spiro atoms. The summed E-state index contributed by atoms with van der Waals surface area (Å²) < 4.78 is 32.6. The Hall–Kier alpha value is -1.16. The number of hydrogen-bond donors (Lipinski definition) is 0. The first-order valence-corrected chi connectivity index (χ1v) is 3.75. The van der Waals surface area contributed by atoms with Crippen LogP contribution in [0.25, 0.3) is 0 Å². The molecule has 0 bridgehead atoms. The van der Waals surface area contributed by atoms with Crippen molar-refractivity contribution in [1.82, 2.24) is 0 Å². The number of rotatable bonds is 4. The monoisotopic (exact) mass is 188 g/mol. The van der Waals surface area contributed by atoms with Gasteiger partial charge < -0.3 is 9.47 Å². The highest BCUT2D eigenvalue weighted by Crippen LogP contribution is 2.16. The largest absolute Gasteiger partial charge is 0.435 e. The van der Waals surface area contributed by atoms with Crippen molar-refractivity contribution in [2.45, 2.75) is 13.2 Å². The van der Waals surface area contributed by atoms with Gasteiger partial charge in [0.1, 0.15) is 5.75 Å². The van der Waals surface area contributed by atoms with Gasteiger partial charge in [-0.15, -0.1) is 0 Å². The highest BCUT2D eigenvalue weighted by atomic mass is 19.3. The van der Waals surface area contributed by atoms with Gasteiger partial charge in [-0.1, -0.05) is 12.1 Å². The molecule has 1 rings (SSSR count). The van der Waals surface area contributed by atoms with Gasteiger partial charge in [-0.05, 0) is 17.7 Å². The maximum Gasteiger partial charge on any atom is 0.387 e. The fraction of sp³-hybridized carbons (Fsp3) is 0.333. The van der Waals surface area contributed by atoms with Gasteiger partial charge >= 0.3 is 6.61 Å². The summed E-state index contributed by atoms with van der Waals surface area (Å²) in [6.45, 7) is -2.39. The van der Waals surface area contributed by atoms with Crippen molar-refractivity contribution in [3.63, 3.8) is 0 Å². The molecule has 0 heterocycles. The van der Waals surface area contributed by atoms with Crippen molar-refractivity contribution in [3.05, 3.63) is 29.8 Å². The fourth-order valence-corrected chi connectivity index (χ4v) is 0.978. The molecule has 72 valence electrons. The highest BCUT2D eigenvalue weighted by molar-refractivity contribution is 5.28. The zero-order chi connectivity index (χ0) is 9.68. The van der Waals surface area contributed by atoms with Crippen LogP contribution in [-0.2, 0) is 11.3 Å². The molecule has 0 fully saturated rings. The summed E-state index contributed by atoms with van der Waals surface area (Å²) in [6.07, 6.45) is 0. The van der Waals surface area contributed by atoms with E-state index in [0.717, 1.165) is 5.56 Å². The van der Waals surface area contributed by atoms with E-state index in [-0.39, 0.29) is 5.75 Å². The lowest BCUT2D eigenvalue weighted by atomic mass is 10.2. The van der Waals surface area contributed by atoms with E-state index in [1.54, 1.807) is 19.2 Å². The Morgan fingerprint density at radius 3 is 2.77 bits per heavy atom. The van der Waals surface area contributed by atoms with Gasteiger partial charge in [0.2, 0.25) is 0 Å². The average molecular weight is 188 g/mol. The lowest BCUT2D eigenvalue weighted by Gasteiger charge is -2.05. The molecule has 0 saturated heterocycles. The van der Waals surface area contributed by atoms with Gasteiger partial charge in [0.05, 0.1) is 6.61 Å². The predicted molar refractivity (Wildman–Crippen MR) is 43.8 cm³/mol. The van der Waals surface area contributed by atoms with Crippen LogP contribution in [0.1, 0.15) is 5.56 Å². The van der Waals surface area contributed by atoms with Crippen LogP contribution in [0.3, 0.4) is 0 Å². The fourth-order valence-electron chi connectivity index (χ4n) is 0.978. The van der Waals surface area contributed by atoms with Crippen LogP contribution in [-0.4, -0.2) is 13.7 Å². The van der Waals surface area contributed by atoms with Crippen molar-refractivity contribution in [1.29, 1.82) is 0 Å². The van der Waals surface area contributed by atoms with E-state index in [1.807, 2.05) is 0 Å². The topological polar surface area (TPSA) is 18.5 Å². The van der Waals surface area contributed by atoms with Crippen molar-refractivity contribution < 1.29 is 18.3 Å². The summed E-state index contributed by atoms with van der Waals surface area (Å²) in [6, 6.07) is 6.43. The summed E-state index contributed by atoms with van der Waals surface area (Å²) in [5, 5.41) is 0. The van der Waals surface area contributed by atoms with Crippen LogP contribution < -0.4 is 4.74 Å². The van der Waals surface area contributed by atoms with Gasteiger partial charge in [-0.25, -0.2) is 0 Å². The Morgan fingerprint density at radius 2 is 2.15 bits per heavy atom. The highest BCUT2D eigenvalue weighted by Gasteiger charge is 2.03. The van der Waals surface area contributed by atoms with E-state index >= 15 is 0 Å². The third kappa shape index (κ3) is 3.38. The van der Waals surface area contributed by atoms with Crippen molar-refractivity contribution in [3.8, 4) is 5.75 Å². The third-order valence-electron chi connectivity index (χ3n) is 1.43. The number of methoxy groups -OCH3 is 1. The lowest BCUT2D eigenvalue weighted by molar-refractivity contribution is -0.0499. The maximum absolute atomic E-state index is 11.8. The number of ether oxygens (including phenoxy) is 2. The Balaban J connectivity index is 2.67. The van der Waals surface area contributed by atoms with Gasteiger partial charge in [0.15, 0.2) is 0 Å². The van der Waals surface area contributed by atoms with E-state index in [1.165, 1.54) is 12.1 Å². The normalized spacial score (nSPS) is 10.5. The molecule has 0 N–H and O–H groups in total. The predicted octanol–water partition coefficient (Wildman–Crippen LogP) is 2.43. The number of hydrogen-bond acceptors (Lipinski definition) is 2. The summed E-state index contributed by atoms with van der Waals surface area (Å²) in [5.41, 5.74) is 0.806. The van der Waals surface area contributed by atoms with Crippen LogP contribution >= 0.6 is 0 Å². The van der Waals surface area contributed by atoms with E-state index in [0.29, 0.717) is 6.61 Å². The molecular weight excluding hydrogens is 178 g/mol. The molecule has 0 amide bonds. The quantitative estimate of drug-likeness (QED) is 0.722. The van der Waals surface area contributed by atoms with Crippen LogP contribution in [0, 0.1) is 0 Å². The number of alkyl halides is 2. The molecule has 0 aliphatic carbocycles. The molecular formula is C9H10F2O2. The third-order valence-corrected chi connectivity index (χ3v) is 1.43. The van der Waals surface area contributed by atoms with E-state index in [2.05, 4.69) is 4.74 Å². The molecule has 0 aliphatic heterocycles. The molecule has 0 aliphatic rings. The Kier molecular flexibility index (Phi) is 3.64. The van der Waals surface area contributed by atoms with E-state index < -0.39 is 6.61 Å². The molecule has 1 aromatic rings. The van der Waals surface area contributed by atoms with E-state index in [4.69, 9.17) is 4.74 Å². The Bertz CT molecular complexity index is 264. The van der Waals surface area contributed by atoms with Crippen LogP contribution in [0.4, 0.5) is 8.78 Å². The Labute approximate surface area is 75.1 Å². The van der Waals surface area contributed by atoms with Crippen molar-refractivity contribution in [2.24, 2.45) is 0 Å². The molecule has 1 aromatic carbocycles. The average Bonchev–Trinajstić information content (AvgIpc) is 2.04. The second kappa shape index (κ2) is 4.77. The summed E-state index contributed by atoms with van der Waals surface area (Å²) >= 11 is 0. The first kappa shape index (κ1) is 9.92. The standard InChI is InChI=1S/C9H10F2O2/c1-12-6-7-3-2-4-8(5-7)13-9(10)11/h2-5,9H,6H2,1H3. The molecule has 2 nitrogen and oxygen atoms in total. The lowest BCUT2D eigenvalue weighted by Crippen LogP contribution is -2.02. The second-order valence-electron chi connectivity index (χ2n) is 2.46. The first-order valence-electron chi connectivity index (χ1n) is 3.75. The van der Waals surface area contributed by atoms with E-state index in [9.17, 15) is 8.78 Å². The molecule has 0 unspecified atom stereocenters. The zero-order valence-corrected chi connectivity index (χ0v) is 7.17. The zero-order valence-electron chi connectivity index (χ0n) is 7.17. The van der Waals surface area contributed by atoms with Crippen molar-refractivity contribution in [2.75, 3.05) is 7.11 Å². The van der Waals surface area contributed by atoms with Gasteiger partial charge in [-0.3, -0.25) is 0 Å². The van der Waals surface area contributed by atoms with Crippen molar-refractivity contribution >= 4 is 0 Å². The van der Waals surface area contributed by atoms with Crippen LogP contribution in [0.2, 0.25) is 0 Å². The number of halogens is 2. The molecule has 0 saturated carbocycles. The number of benzene rings is 1. The minimum absolute atomic E-state index is 0.157. The van der Waals surface area contributed by atoms with Gasteiger partial charge in [0, 0.05) is 7.11 Å². The summed E-state index contributed by atoms with van der Waals surface area (Å²) in [5.74, 6) is 0.157. The summed E-state index contributed by atoms with van der Waals surface area (Å²) in [4.78, 5) is 0. The SMILES string of the molecule is COCc1cccc(OC(F)F)c1. The molecule has 0 atom stereocenters. The molecule has 13 heavy (non-hydrogen) atoms. The van der Waals surface area contributed by atoms with Gasteiger partial charge in [-0.2, -0.15) is 8.78 Å².